The van der Waals surface area contributed by atoms with E-state index in [0.717, 1.165) is 33.5 Å². The summed E-state index contributed by atoms with van der Waals surface area (Å²) in [5, 5.41) is 4.23. The van der Waals surface area contributed by atoms with E-state index in [2.05, 4.69) is 22.4 Å². The van der Waals surface area contributed by atoms with Gasteiger partial charge in [-0.15, -0.1) is 0 Å². The molecule has 6 nitrogen and oxygen atoms in total. The van der Waals surface area contributed by atoms with Gasteiger partial charge in [-0.2, -0.15) is 0 Å². The van der Waals surface area contributed by atoms with Crippen molar-refractivity contribution >= 4 is 16.9 Å². The lowest BCUT2D eigenvalue weighted by atomic mass is 10.1. The summed E-state index contributed by atoms with van der Waals surface area (Å²) in [6.45, 7) is 5.39. The number of nitrogens with one attached hydrogen (secondary N) is 2. The highest BCUT2D eigenvalue weighted by molar-refractivity contribution is 5.80. The van der Waals surface area contributed by atoms with Gasteiger partial charge in [0.2, 0.25) is 6.79 Å². The molecule has 4 rings (SSSR count). The molecule has 2 amide bonds. The van der Waals surface area contributed by atoms with Gasteiger partial charge in [0.1, 0.15) is 0 Å². The van der Waals surface area contributed by atoms with Crippen LogP contribution in [0, 0.1) is 0 Å². The minimum absolute atomic E-state index is 0.0863. The molecule has 0 bridgehead atoms. The Morgan fingerprint density at radius 1 is 1.19 bits per heavy atom. The van der Waals surface area contributed by atoms with E-state index in [-0.39, 0.29) is 18.9 Å². The van der Waals surface area contributed by atoms with Gasteiger partial charge in [0.05, 0.1) is 6.04 Å². The van der Waals surface area contributed by atoms with Crippen molar-refractivity contribution in [3.63, 3.8) is 0 Å². The van der Waals surface area contributed by atoms with E-state index in [1.807, 2.05) is 50.4 Å². The van der Waals surface area contributed by atoms with Crippen LogP contribution < -0.4 is 14.8 Å². The molecule has 1 atom stereocenters. The molecule has 0 fully saturated rings. The predicted octanol–water partition coefficient (Wildman–Crippen LogP) is 4.19. The summed E-state index contributed by atoms with van der Waals surface area (Å²) in [5.74, 6) is 1.47. The van der Waals surface area contributed by atoms with Crippen molar-refractivity contribution in [2.75, 3.05) is 13.3 Å². The number of urea groups is 1. The third-order valence-corrected chi connectivity index (χ3v) is 4.90. The van der Waals surface area contributed by atoms with E-state index in [1.165, 1.54) is 0 Å². The molecule has 140 valence electrons. The van der Waals surface area contributed by atoms with Gasteiger partial charge in [0.15, 0.2) is 11.5 Å². The summed E-state index contributed by atoms with van der Waals surface area (Å²) in [5.41, 5.74) is 3.19. The third-order valence-electron chi connectivity index (χ3n) is 4.90. The second-order valence-electron chi connectivity index (χ2n) is 6.70. The molecule has 2 heterocycles. The number of hydrogen-bond acceptors (Lipinski definition) is 3. The summed E-state index contributed by atoms with van der Waals surface area (Å²) in [6, 6.07) is 13.8. The lowest BCUT2D eigenvalue weighted by Gasteiger charge is -2.24. The van der Waals surface area contributed by atoms with Gasteiger partial charge in [-0.25, -0.2) is 4.79 Å². The summed E-state index contributed by atoms with van der Waals surface area (Å²) in [6.07, 6.45) is 1.92. The van der Waals surface area contributed by atoms with Crippen LogP contribution in [0.4, 0.5) is 4.79 Å². The molecule has 3 aromatic rings. The van der Waals surface area contributed by atoms with Gasteiger partial charge in [-0.05, 0) is 60.7 Å². The Kier molecular flexibility index (Phi) is 4.62. The molecule has 1 unspecified atom stereocenters. The summed E-state index contributed by atoms with van der Waals surface area (Å²) in [4.78, 5) is 17.8. The number of nitrogens with zero attached hydrogens (tertiary/aromatic N) is 1. The Morgan fingerprint density at radius 3 is 2.89 bits per heavy atom. The smallest absolute Gasteiger partial charge is 0.318 e. The summed E-state index contributed by atoms with van der Waals surface area (Å²) >= 11 is 0. The van der Waals surface area contributed by atoms with Crippen molar-refractivity contribution in [3.8, 4) is 11.5 Å². The van der Waals surface area contributed by atoms with Gasteiger partial charge in [0.25, 0.3) is 0 Å². The largest absolute Gasteiger partial charge is 0.454 e. The molecular weight excluding hydrogens is 342 g/mol. The number of aromatic amines is 1. The van der Waals surface area contributed by atoms with Crippen LogP contribution in [0.5, 0.6) is 11.5 Å². The van der Waals surface area contributed by atoms with Crippen molar-refractivity contribution in [1.29, 1.82) is 0 Å². The number of benzene rings is 2. The highest BCUT2D eigenvalue weighted by Crippen LogP contribution is 2.34. The van der Waals surface area contributed by atoms with Gasteiger partial charge >= 0.3 is 6.03 Å². The molecule has 2 aromatic carbocycles. The van der Waals surface area contributed by atoms with Crippen molar-refractivity contribution in [2.45, 2.75) is 26.4 Å². The minimum Gasteiger partial charge on any atom is -0.454 e. The van der Waals surface area contributed by atoms with Crippen LogP contribution in [0.2, 0.25) is 0 Å². The van der Waals surface area contributed by atoms with E-state index in [4.69, 9.17) is 9.47 Å². The average Bonchev–Trinajstić information content (AvgIpc) is 3.33. The number of carbonyl (C=O) groups is 1. The van der Waals surface area contributed by atoms with E-state index in [9.17, 15) is 4.79 Å². The zero-order valence-electron chi connectivity index (χ0n) is 15.5. The van der Waals surface area contributed by atoms with E-state index >= 15 is 0 Å². The predicted molar refractivity (Wildman–Crippen MR) is 104 cm³/mol. The Labute approximate surface area is 158 Å². The fraction of sp³-hybridized carbons (Fsp3) is 0.286. The summed E-state index contributed by atoms with van der Waals surface area (Å²) < 4.78 is 10.8. The van der Waals surface area contributed by atoms with Crippen LogP contribution in [-0.2, 0) is 6.54 Å². The number of H-pyrrole nitrogens is 1. The lowest BCUT2D eigenvalue weighted by molar-refractivity contribution is 0.174. The molecule has 0 spiro atoms. The first-order chi connectivity index (χ1) is 13.1. The first-order valence-corrected chi connectivity index (χ1v) is 9.15. The van der Waals surface area contributed by atoms with Gasteiger partial charge in [-0.3, -0.25) is 0 Å². The number of hydrogen-bond donors (Lipinski definition) is 2. The zero-order chi connectivity index (χ0) is 18.8. The fourth-order valence-corrected chi connectivity index (χ4v) is 3.29. The number of aromatic nitrogens is 1. The second kappa shape index (κ2) is 7.23. The normalized spacial score (nSPS) is 13.6. The van der Waals surface area contributed by atoms with Gasteiger partial charge in [0, 0.05) is 24.8 Å². The molecule has 1 aliphatic heterocycles. The maximum Gasteiger partial charge on any atom is 0.318 e. The lowest BCUT2D eigenvalue weighted by Crippen LogP contribution is -2.40. The zero-order valence-corrected chi connectivity index (χ0v) is 15.5. The van der Waals surface area contributed by atoms with E-state index in [0.29, 0.717) is 13.1 Å². The highest BCUT2D eigenvalue weighted by atomic mass is 16.7. The van der Waals surface area contributed by atoms with Crippen LogP contribution in [-0.4, -0.2) is 29.3 Å². The van der Waals surface area contributed by atoms with Crippen molar-refractivity contribution in [3.05, 3.63) is 59.8 Å². The minimum atomic E-state index is -0.131. The topological polar surface area (TPSA) is 66.6 Å². The Balaban J connectivity index is 1.43. The molecule has 6 heteroatoms. The first-order valence-electron chi connectivity index (χ1n) is 9.15. The molecule has 0 saturated carbocycles. The number of amides is 2. The molecule has 1 aliphatic rings. The van der Waals surface area contributed by atoms with Crippen molar-refractivity contribution < 1.29 is 14.3 Å². The van der Waals surface area contributed by atoms with Crippen molar-refractivity contribution in [1.82, 2.24) is 15.2 Å². The Hall–Kier alpha value is -3.15. The number of fused-ring (bicyclic) bond motifs is 2. The van der Waals surface area contributed by atoms with Gasteiger partial charge < -0.3 is 24.7 Å². The van der Waals surface area contributed by atoms with Crippen LogP contribution in [0.1, 0.15) is 31.0 Å². The molecule has 0 radical (unpaired) electrons. The molecule has 0 saturated heterocycles. The summed E-state index contributed by atoms with van der Waals surface area (Å²) in [7, 11) is 0. The third kappa shape index (κ3) is 3.56. The maximum absolute atomic E-state index is 12.8. The Morgan fingerprint density at radius 2 is 2.04 bits per heavy atom. The van der Waals surface area contributed by atoms with Crippen LogP contribution in [0.15, 0.2) is 48.7 Å². The Bertz CT molecular complexity index is 966. The highest BCUT2D eigenvalue weighted by Gasteiger charge is 2.19. The number of carbonyl (C=O) groups excluding carboxylic acids is 1. The SMILES string of the molecule is CCN(Cc1ccc2[nH]ccc2c1)C(=O)NC(C)c1ccc2c(c1)OCO2. The molecular formula is C21H23N3O3. The van der Waals surface area contributed by atoms with E-state index in [1.54, 1.807) is 4.90 Å². The van der Waals surface area contributed by atoms with Crippen LogP contribution >= 0.6 is 0 Å². The quantitative estimate of drug-likeness (QED) is 0.712. The monoisotopic (exact) mass is 365 g/mol. The maximum atomic E-state index is 12.8. The van der Waals surface area contributed by atoms with Gasteiger partial charge in [-0.1, -0.05) is 12.1 Å². The van der Waals surface area contributed by atoms with Crippen molar-refractivity contribution in [2.24, 2.45) is 0 Å². The number of ether oxygens (including phenoxy) is 2. The fourth-order valence-electron chi connectivity index (χ4n) is 3.29. The second-order valence-corrected chi connectivity index (χ2v) is 6.70. The van der Waals surface area contributed by atoms with E-state index < -0.39 is 0 Å². The number of rotatable bonds is 5. The van der Waals surface area contributed by atoms with Crippen LogP contribution in [0.3, 0.4) is 0 Å². The molecule has 1 aromatic heterocycles. The average molecular weight is 365 g/mol. The molecule has 2 N–H and O–H groups in total. The first kappa shape index (κ1) is 17.3. The van der Waals surface area contributed by atoms with Crippen LogP contribution in [0.25, 0.3) is 10.9 Å². The standard InChI is InChI=1S/C21H23N3O3/c1-3-24(12-15-4-6-18-17(10-15)8-9-22-18)21(25)23-14(2)16-5-7-19-20(11-16)27-13-26-19/h4-11,14,22H,3,12-13H2,1-2H3,(H,23,25). The molecule has 0 aliphatic carbocycles. The molecule has 27 heavy (non-hydrogen) atoms.